The average molecular weight is 235 g/mol. The van der Waals surface area contributed by atoms with Crippen molar-refractivity contribution in [3.8, 4) is 0 Å². The van der Waals surface area contributed by atoms with E-state index in [2.05, 4.69) is 5.32 Å². The molecule has 5 nitrogen and oxygen atoms in total. The van der Waals surface area contributed by atoms with Crippen molar-refractivity contribution in [1.82, 2.24) is 5.32 Å². The van der Waals surface area contributed by atoms with Crippen molar-refractivity contribution in [2.24, 2.45) is 0 Å². The molecule has 0 aromatic carbocycles. The van der Waals surface area contributed by atoms with E-state index in [1.54, 1.807) is 0 Å². The quantitative estimate of drug-likeness (QED) is 0.685. The highest BCUT2D eigenvalue weighted by Crippen LogP contribution is 2.12. The van der Waals surface area contributed by atoms with Crippen molar-refractivity contribution in [3.05, 3.63) is 0 Å². The Morgan fingerprint density at radius 1 is 1.40 bits per heavy atom. The Labute approximate surface area is 91.7 Å². The molecule has 0 saturated carbocycles. The zero-order valence-corrected chi connectivity index (χ0v) is 10.0. The molecule has 1 unspecified atom stereocenters. The van der Waals surface area contributed by atoms with Crippen molar-refractivity contribution in [1.29, 1.82) is 0 Å². The van der Waals surface area contributed by atoms with Crippen LogP contribution in [0.25, 0.3) is 0 Å². The van der Waals surface area contributed by atoms with Gasteiger partial charge in [0.1, 0.15) is 10.5 Å². The molecule has 0 saturated heterocycles. The van der Waals surface area contributed by atoms with Crippen LogP contribution in [0.1, 0.15) is 27.2 Å². The van der Waals surface area contributed by atoms with E-state index in [0.717, 1.165) is 6.42 Å². The highest BCUT2D eigenvalue weighted by atomic mass is 32.2. The maximum atomic E-state index is 11.5. The molecule has 0 fully saturated rings. The van der Waals surface area contributed by atoms with Gasteiger partial charge in [-0.1, -0.05) is 6.92 Å². The number of amides is 1. The number of rotatable bonds is 6. The SMILES string of the molecule is CCCNC(=O)CS(=O)C(C)(C)C(=O)O. The minimum atomic E-state index is -1.71. The van der Waals surface area contributed by atoms with Crippen LogP contribution in [-0.2, 0) is 20.4 Å². The molecule has 1 atom stereocenters. The van der Waals surface area contributed by atoms with Crippen LogP contribution in [0.2, 0.25) is 0 Å². The van der Waals surface area contributed by atoms with Gasteiger partial charge in [0.15, 0.2) is 0 Å². The first-order valence-electron chi connectivity index (χ1n) is 4.71. The van der Waals surface area contributed by atoms with E-state index >= 15 is 0 Å². The summed E-state index contributed by atoms with van der Waals surface area (Å²) in [6, 6.07) is 0. The molecule has 0 aromatic heterocycles. The summed E-state index contributed by atoms with van der Waals surface area (Å²) in [4.78, 5) is 21.9. The van der Waals surface area contributed by atoms with Gasteiger partial charge in [-0.25, -0.2) is 0 Å². The summed E-state index contributed by atoms with van der Waals surface area (Å²) in [7, 11) is -1.71. The van der Waals surface area contributed by atoms with E-state index in [-0.39, 0.29) is 11.7 Å². The lowest BCUT2D eigenvalue weighted by atomic mass is 10.2. The standard InChI is InChI=1S/C9H17NO4S/c1-4-5-10-7(11)6-15(14)9(2,3)8(12)13/h4-6H2,1-3H3,(H,10,11)(H,12,13). The maximum Gasteiger partial charge on any atom is 0.321 e. The first-order chi connectivity index (χ1) is 6.82. The summed E-state index contributed by atoms with van der Waals surface area (Å²) in [5.41, 5.74) is 0. The first-order valence-corrected chi connectivity index (χ1v) is 6.02. The maximum absolute atomic E-state index is 11.5. The average Bonchev–Trinajstić information content (AvgIpc) is 2.14. The number of hydrogen-bond donors (Lipinski definition) is 2. The van der Waals surface area contributed by atoms with Gasteiger partial charge in [0.25, 0.3) is 0 Å². The van der Waals surface area contributed by atoms with Gasteiger partial charge in [0.2, 0.25) is 5.91 Å². The van der Waals surface area contributed by atoms with E-state index < -0.39 is 21.5 Å². The van der Waals surface area contributed by atoms with E-state index in [4.69, 9.17) is 5.11 Å². The van der Waals surface area contributed by atoms with Gasteiger partial charge in [0, 0.05) is 17.3 Å². The molecule has 15 heavy (non-hydrogen) atoms. The molecule has 0 spiro atoms. The van der Waals surface area contributed by atoms with Crippen LogP contribution in [0.5, 0.6) is 0 Å². The number of carboxylic acids is 1. The van der Waals surface area contributed by atoms with Crippen LogP contribution in [-0.4, -0.2) is 38.2 Å². The number of hydrogen-bond acceptors (Lipinski definition) is 3. The number of carboxylic acid groups (broad SMARTS) is 1. The molecule has 0 aromatic rings. The summed E-state index contributed by atoms with van der Waals surface area (Å²) in [5.74, 6) is -1.80. The summed E-state index contributed by atoms with van der Waals surface area (Å²) in [6.45, 7) is 5.11. The predicted molar refractivity (Wildman–Crippen MR) is 58.0 cm³/mol. The van der Waals surface area contributed by atoms with Crippen LogP contribution in [0, 0.1) is 0 Å². The molecule has 0 heterocycles. The monoisotopic (exact) mass is 235 g/mol. The second-order valence-corrected chi connectivity index (χ2v) is 5.66. The molecule has 0 bridgehead atoms. The van der Waals surface area contributed by atoms with Gasteiger partial charge in [-0.05, 0) is 20.3 Å². The third-order valence-corrected chi connectivity index (χ3v) is 3.76. The van der Waals surface area contributed by atoms with Crippen molar-refractivity contribution in [2.45, 2.75) is 31.9 Å². The summed E-state index contributed by atoms with van der Waals surface area (Å²) < 4.78 is 10.2. The highest BCUT2D eigenvalue weighted by molar-refractivity contribution is 7.87. The van der Waals surface area contributed by atoms with Crippen LogP contribution in [0.4, 0.5) is 0 Å². The molecule has 2 N–H and O–H groups in total. The lowest BCUT2D eigenvalue weighted by molar-refractivity contribution is -0.139. The Morgan fingerprint density at radius 3 is 2.33 bits per heavy atom. The molecule has 0 aliphatic carbocycles. The fourth-order valence-electron chi connectivity index (χ4n) is 0.712. The lowest BCUT2D eigenvalue weighted by Crippen LogP contribution is -2.41. The van der Waals surface area contributed by atoms with Gasteiger partial charge < -0.3 is 10.4 Å². The van der Waals surface area contributed by atoms with Crippen molar-refractivity contribution in [2.75, 3.05) is 12.3 Å². The zero-order chi connectivity index (χ0) is 12.1. The van der Waals surface area contributed by atoms with Gasteiger partial charge >= 0.3 is 5.97 Å². The van der Waals surface area contributed by atoms with Crippen molar-refractivity contribution >= 4 is 22.7 Å². The Bertz CT molecular complexity index is 275. The zero-order valence-electron chi connectivity index (χ0n) is 9.20. The Balaban J connectivity index is 4.25. The van der Waals surface area contributed by atoms with E-state index in [9.17, 15) is 13.8 Å². The van der Waals surface area contributed by atoms with E-state index in [1.807, 2.05) is 6.92 Å². The van der Waals surface area contributed by atoms with Crippen molar-refractivity contribution < 1.29 is 18.9 Å². The van der Waals surface area contributed by atoms with E-state index in [1.165, 1.54) is 13.8 Å². The minimum absolute atomic E-state index is 0.265. The van der Waals surface area contributed by atoms with Gasteiger partial charge in [-0.3, -0.25) is 13.8 Å². The fraction of sp³-hybridized carbons (Fsp3) is 0.778. The molecule has 0 radical (unpaired) electrons. The highest BCUT2D eigenvalue weighted by Gasteiger charge is 2.35. The number of aliphatic carboxylic acids is 1. The van der Waals surface area contributed by atoms with Crippen LogP contribution < -0.4 is 5.32 Å². The van der Waals surface area contributed by atoms with E-state index in [0.29, 0.717) is 6.54 Å². The second kappa shape index (κ2) is 5.85. The predicted octanol–water partition coefficient (Wildman–Crippen LogP) is 0.124. The smallest absolute Gasteiger partial charge is 0.321 e. The number of nitrogens with one attached hydrogen (secondary N) is 1. The third kappa shape index (κ3) is 4.42. The van der Waals surface area contributed by atoms with Crippen LogP contribution in [0.3, 0.4) is 0 Å². The van der Waals surface area contributed by atoms with Gasteiger partial charge in [-0.15, -0.1) is 0 Å². The molecule has 0 rings (SSSR count). The second-order valence-electron chi connectivity index (χ2n) is 3.66. The van der Waals surface area contributed by atoms with Gasteiger partial charge in [-0.2, -0.15) is 0 Å². The van der Waals surface area contributed by atoms with Crippen LogP contribution >= 0.6 is 0 Å². The molecule has 6 heteroatoms. The third-order valence-electron chi connectivity index (χ3n) is 1.92. The molecule has 0 aliphatic heterocycles. The van der Waals surface area contributed by atoms with Gasteiger partial charge in [0.05, 0.1) is 0 Å². The molecule has 88 valence electrons. The molecule has 1 amide bonds. The normalized spacial score (nSPS) is 13.3. The largest absolute Gasteiger partial charge is 0.480 e. The Hall–Kier alpha value is -0.910. The summed E-state index contributed by atoms with van der Waals surface area (Å²) >= 11 is 0. The number of carbonyl (C=O) groups excluding carboxylic acids is 1. The lowest BCUT2D eigenvalue weighted by Gasteiger charge is -2.17. The Kier molecular flexibility index (Phi) is 5.49. The fourth-order valence-corrected chi connectivity index (χ4v) is 1.61. The number of carbonyl (C=O) groups is 2. The molecular weight excluding hydrogens is 218 g/mol. The molecule has 0 aliphatic rings. The van der Waals surface area contributed by atoms with Crippen LogP contribution in [0.15, 0.2) is 0 Å². The van der Waals surface area contributed by atoms with Crippen molar-refractivity contribution in [3.63, 3.8) is 0 Å². The minimum Gasteiger partial charge on any atom is -0.480 e. The summed E-state index contributed by atoms with van der Waals surface area (Å²) in [6.07, 6.45) is 0.792. The molecular formula is C9H17NO4S. The topological polar surface area (TPSA) is 83.5 Å². The summed E-state index contributed by atoms with van der Waals surface area (Å²) in [5, 5.41) is 11.3. The first kappa shape index (κ1) is 14.1. The Morgan fingerprint density at radius 2 is 1.93 bits per heavy atom.